The van der Waals surface area contributed by atoms with Crippen molar-refractivity contribution in [2.45, 2.75) is 19.8 Å². The Morgan fingerprint density at radius 2 is 1.61 bits per heavy atom. The maximum Gasteiger partial charge on any atom is 0.251 e. The fraction of sp³-hybridized carbons (Fsp3) is 0.346. The van der Waals surface area contributed by atoms with Crippen LogP contribution >= 0.6 is 0 Å². The molecule has 4 rings (SSSR count). The molecule has 0 bridgehead atoms. The number of aromatic nitrogens is 4. The molecular formula is C26H32N8O2. The van der Waals surface area contributed by atoms with E-state index in [-0.39, 0.29) is 11.8 Å². The van der Waals surface area contributed by atoms with Crippen LogP contribution in [0, 0.1) is 6.92 Å². The number of aryl methyl sites for hydroxylation is 1. The van der Waals surface area contributed by atoms with Crippen LogP contribution in [-0.2, 0) is 0 Å². The van der Waals surface area contributed by atoms with Gasteiger partial charge >= 0.3 is 0 Å². The van der Waals surface area contributed by atoms with Gasteiger partial charge in [-0.1, -0.05) is 18.2 Å². The fourth-order valence-corrected chi connectivity index (χ4v) is 3.88. The van der Waals surface area contributed by atoms with E-state index in [1.807, 2.05) is 54.6 Å². The molecule has 0 radical (unpaired) electrons. The van der Waals surface area contributed by atoms with Crippen LogP contribution in [0.2, 0.25) is 0 Å². The van der Waals surface area contributed by atoms with E-state index in [0.29, 0.717) is 47.7 Å². The first-order valence-electron chi connectivity index (χ1n) is 12.1. The molecular weight excluding hydrogens is 456 g/mol. The maximum atomic E-state index is 12.6. The molecule has 36 heavy (non-hydrogen) atoms. The number of rotatable bonds is 11. The molecule has 10 heteroatoms. The fourth-order valence-electron chi connectivity index (χ4n) is 3.88. The maximum absolute atomic E-state index is 12.6. The summed E-state index contributed by atoms with van der Waals surface area (Å²) in [6.07, 6.45) is 1.65. The van der Waals surface area contributed by atoms with Crippen molar-refractivity contribution in [3.8, 4) is 0 Å². The first kappa shape index (κ1) is 25.1. The summed E-state index contributed by atoms with van der Waals surface area (Å²) in [6.45, 7) is 4.47. The molecule has 0 spiro atoms. The standard InChI is InChI=1S/C26H32N8O2/c1-18-31-32-24-23(27-13-7-8-14-28-25(35)19-9-5-4-6-10-19)30-21-17-20(11-12-22(21)34(18)24)26(36)29-15-16-33(2)3/h4-6,9-12,17H,7-8,13-16H2,1-3H3,(H,27,30)(H,28,35)(H,29,36). The van der Waals surface area contributed by atoms with Crippen molar-refractivity contribution in [1.29, 1.82) is 0 Å². The topological polar surface area (TPSA) is 117 Å². The lowest BCUT2D eigenvalue weighted by Crippen LogP contribution is -2.31. The predicted octanol–water partition coefficient (Wildman–Crippen LogP) is 2.50. The van der Waals surface area contributed by atoms with Crippen molar-refractivity contribution in [2.75, 3.05) is 45.6 Å². The monoisotopic (exact) mass is 488 g/mol. The highest BCUT2D eigenvalue weighted by atomic mass is 16.2. The van der Waals surface area contributed by atoms with Crippen molar-refractivity contribution >= 4 is 34.3 Å². The third kappa shape index (κ3) is 5.95. The van der Waals surface area contributed by atoms with Crippen LogP contribution in [0.15, 0.2) is 48.5 Å². The van der Waals surface area contributed by atoms with Gasteiger partial charge in [0.25, 0.3) is 11.8 Å². The molecule has 0 aliphatic carbocycles. The van der Waals surface area contributed by atoms with Gasteiger partial charge in [-0.15, -0.1) is 10.2 Å². The average Bonchev–Trinajstić information content (AvgIpc) is 3.27. The smallest absolute Gasteiger partial charge is 0.251 e. The number of carbonyl (C=O) groups excluding carboxylic acids is 2. The number of carbonyl (C=O) groups is 2. The lowest BCUT2D eigenvalue weighted by atomic mass is 10.1. The van der Waals surface area contributed by atoms with E-state index in [1.54, 1.807) is 24.3 Å². The second-order valence-electron chi connectivity index (χ2n) is 8.89. The molecule has 2 amide bonds. The lowest BCUT2D eigenvalue weighted by Gasteiger charge is -2.12. The van der Waals surface area contributed by atoms with Crippen LogP contribution in [0.25, 0.3) is 16.7 Å². The summed E-state index contributed by atoms with van der Waals surface area (Å²) >= 11 is 0. The Labute approximate surface area is 210 Å². The molecule has 0 unspecified atom stereocenters. The molecule has 0 saturated carbocycles. The van der Waals surface area contributed by atoms with Gasteiger partial charge in [0.2, 0.25) is 5.65 Å². The summed E-state index contributed by atoms with van der Waals surface area (Å²) in [4.78, 5) is 31.5. The minimum Gasteiger partial charge on any atom is -0.367 e. The molecule has 0 atom stereocenters. The summed E-state index contributed by atoms with van der Waals surface area (Å²) in [5, 5.41) is 17.8. The van der Waals surface area contributed by atoms with E-state index in [1.165, 1.54) is 0 Å². The van der Waals surface area contributed by atoms with Crippen LogP contribution in [0.1, 0.15) is 39.4 Å². The molecule has 0 saturated heterocycles. The quantitative estimate of drug-likeness (QED) is 0.278. The van der Waals surface area contributed by atoms with Crippen molar-refractivity contribution in [2.24, 2.45) is 0 Å². The Morgan fingerprint density at radius 1 is 0.889 bits per heavy atom. The minimum absolute atomic E-state index is 0.0676. The van der Waals surface area contributed by atoms with E-state index >= 15 is 0 Å². The third-order valence-electron chi connectivity index (χ3n) is 5.81. The first-order valence-corrected chi connectivity index (χ1v) is 12.1. The summed E-state index contributed by atoms with van der Waals surface area (Å²) in [6, 6.07) is 14.7. The van der Waals surface area contributed by atoms with E-state index in [9.17, 15) is 9.59 Å². The molecule has 188 valence electrons. The minimum atomic E-state index is -0.131. The van der Waals surface area contributed by atoms with Gasteiger partial charge in [-0.2, -0.15) is 0 Å². The summed E-state index contributed by atoms with van der Waals surface area (Å²) in [5.41, 5.74) is 3.38. The van der Waals surface area contributed by atoms with Crippen LogP contribution in [-0.4, -0.2) is 76.6 Å². The largest absolute Gasteiger partial charge is 0.367 e. The normalized spacial score (nSPS) is 11.2. The molecule has 10 nitrogen and oxygen atoms in total. The molecule has 2 aromatic carbocycles. The predicted molar refractivity (Wildman–Crippen MR) is 140 cm³/mol. The number of likely N-dealkylation sites (N-methyl/N-ethyl adjacent to an activating group) is 1. The molecule has 0 fully saturated rings. The number of nitrogens with one attached hydrogen (secondary N) is 3. The highest BCUT2D eigenvalue weighted by Gasteiger charge is 2.15. The Hall–Kier alpha value is -4.05. The van der Waals surface area contributed by atoms with Crippen LogP contribution < -0.4 is 16.0 Å². The van der Waals surface area contributed by atoms with E-state index in [2.05, 4.69) is 26.1 Å². The van der Waals surface area contributed by atoms with Crippen molar-refractivity contribution in [3.63, 3.8) is 0 Å². The molecule has 4 aromatic rings. The average molecular weight is 489 g/mol. The van der Waals surface area contributed by atoms with Crippen molar-refractivity contribution in [3.05, 3.63) is 65.5 Å². The van der Waals surface area contributed by atoms with Gasteiger partial charge in [0.05, 0.1) is 11.0 Å². The molecule has 2 aromatic heterocycles. The zero-order chi connectivity index (χ0) is 25.5. The zero-order valence-corrected chi connectivity index (χ0v) is 20.9. The third-order valence-corrected chi connectivity index (χ3v) is 5.81. The van der Waals surface area contributed by atoms with E-state index in [0.717, 1.165) is 30.7 Å². The van der Waals surface area contributed by atoms with Crippen LogP contribution in [0.4, 0.5) is 5.82 Å². The van der Waals surface area contributed by atoms with Gasteiger partial charge in [0.15, 0.2) is 5.82 Å². The lowest BCUT2D eigenvalue weighted by molar-refractivity contribution is 0.0944. The van der Waals surface area contributed by atoms with E-state index in [4.69, 9.17) is 4.98 Å². The number of anilines is 1. The Bertz CT molecular complexity index is 1350. The Kier molecular flexibility index (Phi) is 8.06. The number of unbranched alkanes of at least 4 members (excludes halogenated alkanes) is 1. The van der Waals surface area contributed by atoms with Gasteiger partial charge in [-0.05, 0) is 64.2 Å². The number of amides is 2. The van der Waals surface area contributed by atoms with Crippen molar-refractivity contribution < 1.29 is 9.59 Å². The number of nitrogens with zero attached hydrogens (tertiary/aromatic N) is 5. The highest BCUT2D eigenvalue weighted by Crippen LogP contribution is 2.22. The van der Waals surface area contributed by atoms with Gasteiger partial charge in [0, 0.05) is 37.3 Å². The van der Waals surface area contributed by atoms with Crippen LogP contribution in [0.5, 0.6) is 0 Å². The summed E-state index contributed by atoms with van der Waals surface area (Å²) < 4.78 is 1.94. The Balaban J connectivity index is 1.40. The molecule has 2 heterocycles. The summed E-state index contributed by atoms with van der Waals surface area (Å²) in [7, 11) is 3.93. The summed E-state index contributed by atoms with van der Waals surface area (Å²) in [5.74, 6) is 1.16. The van der Waals surface area contributed by atoms with E-state index < -0.39 is 0 Å². The Morgan fingerprint density at radius 3 is 2.39 bits per heavy atom. The van der Waals surface area contributed by atoms with Gasteiger partial charge in [-0.3, -0.25) is 14.0 Å². The van der Waals surface area contributed by atoms with Gasteiger partial charge < -0.3 is 20.9 Å². The van der Waals surface area contributed by atoms with Gasteiger partial charge in [0.1, 0.15) is 5.82 Å². The number of hydrogen-bond acceptors (Lipinski definition) is 7. The molecule has 3 N–H and O–H groups in total. The van der Waals surface area contributed by atoms with Crippen molar-refractivity contribution in [1.82, 2.24) is 35.1 Å². The molecule has 0 aliphatic rings. The van der Waals surface area contributed by atoms with Crippen LogP contribution in [0.3, 0.4) is 0 Å². The zero-order valence-electron chi connectivity index (χ0n) is 20.9. The SMILES string of the molecule is Cc1nnc2c(NCCCCNC(=O)c3ccccc3)nc3cc(C(=O)NCCN(C)C)ccc3n12. The number of fused-ring (bicyclic) bond motifs is 3. The van der Waals surface area contributed by atoms with Gasteiger partial charge in [-0.25, -0.2) is 4.98 Å². The second-order valence-corrected chi connectivity index (χ2v) is 8.89. The second kappa shape index (κ2) is 11.6. The molecule has 0 aliphatic heterocycles. The first-order chi connectivity index (χ1) is 17.4. The number of hydrogen-bond donors (Lipinski definition) is 3. The highest BCUT2D eigenvalue weighted by molar-refractivity contribution is 5.98. The number of benzene rings is 2.